The first kappa shape index (κ1) is 26.5. The van der Waals surface area contributed by atoms with E-state index in [0.717, 1.165) is 10.6 Å². The Bertz CT molecular complexity index is 1130. The van der Waals surface area contributed by atoms with Crippen molar-refractivity contribution in [2.24, 2.45) is 0 Å². The van der Waals surface area contributed by atoms with E-state index in [4.69, 9.17) is 46.4 Å². The second kappa shape index (κ2) is 10.9. The van der Waals surface area contributed by atoms with Gasteiger partial charge in [0.05, 0.1) is 32.0 Å². The average Bonchev–Trinajstić information content (AvgIpc) is 2.72. The minimum absolute atomic E-state index is 0.00326. The van der Waals surface area contributed by atoms with Gasteiger partial charge in [0.25, 0.3) is 0 Å². The molecule has 12 heteroatoms. The molecule has 0 saturated carbocycles. The van der Waals surface area contributed by atoms with Crippen LogP contribution in [0.3, 0.4) is 0 Å². The van der Waals surface area contributed by atoms with Gasteiger partial charge in [0.2, 0.25) is 21.8 Å². The maximum atomic E-state index is 13.3. The van der Waals surface area contributed by atoms with Gasteiger partial charge in [-0.15, -0.1) is 0 Å². The fraction of sp³-hybridized carbons (Fsp3) is 0.300. The molecular formula is C20H21Cl4N3O4S. The van der Waals surface area contributed by atoms with Crippen molar-refractivity contribution >= 4 is 73.9 Å². The summed E-state index contributed by atoms with van der Waals surface area (Å²) in [5, 5.41) is 3.50. The molecular weight excluding hydrogens is 520 g/mol. The number of carbonyl (C=O) groups excluding carboxylic acids is 2. The number of sulfonamides is 1. The summed E-state index contributed by atoms with van der Waals surface area (Å²) in [4.78, 5) is 26.8. The fourth-order valence-electron chi connectivity index (χ4n) is 2.88. The molecule has 0 aliphatic rings. The minimum atomic E-state index is -3.87. The normalized spacial score (nSPS) is 12.2. The molecule has 2 rings (SSSR count). The predicted octanol–water partition coefficient (Wildman–Crippen LogP) is 4.23. The van der Waals surface area contributed by atoms with Crippen molar-refractivity contribution in [3.05, 3.63) is 62.1 Å². The highest BCUT2D eigenvalue weighted by Crippen LogP contribution is 2.29. The summed E-state index contributed by atoms with van der Waals surface area (Å²) in [5.74, 6) is -1.03. The van der Waals surface area contributed by atoms with Gasteiger partial charge in [-0.05, 0) is 42.8 Å². The Kier molecular flexibility index (Phi) is 9.07. The van der Waals surface area contributed by atoms with E-state index in [0.29, 0.717) is 10.6 Å². The number of rotatable bonds is 8. The van der Waals surface area contributed by atoms with E-state index in [9.17, 15) is 18.0 Å². The Balaban J connectivity index is 2.42. The van der Waals surface area contributed by atoms with Gasteiger partial charge in [-0.1, -0.05) is 52.5 Å². The summed E-state index contributed by atoms with van der Waals surface area (Å²) in [6.45, 7) is 0.987. The SMILES string of the molecule is CNC(=O)C(C)N(Cc1ccc(Cl)c(Cl)c1)C(=O)CN(c1ccc(Cl)c(Cl)c1)S(C)(=O)=O. The number of anilines is 1. The zero-order valence-electron chi connectivity index (χ0n) is 17.4. The van der Waals surface area contributed by atoms with Gasteiger partial charge in [-0.2, -0.15) is 0 Å². The first-order valence-electron chi connectivity index (χ1n) is 9.23. The second-order valence-corrected chi connectivity index (χ2v) is 10.5. The van der Waals surface area contributed by atoms with E-state index >= 15 is 0 Å². The summed E-state index contributed by atoms with van der Waals surface area (Å²) in [6.07, 6.45) is 0.967. The maximum absolute atomic E-state index is 13.3. The van der Waals surface area contributed by atoms with Crippen LogP contribution in [-0.4, -0.2) is 51.0 Å². The number of nitrogens with one attached hydrogen (secondary N) is 1. The van der Waals surface area contributed by atoms with Crippen molar-refractivity contribution in [3.63, 3.8) is 0 Å². The van der Waals surface area contributed by atoms with Gasteiger partial charge in [-0.3, -0.25) is 13.9 Å². The molecule has 0 bridgehead atoms. The van der Waals surface area contributed by atoms with Crippen LogP contribution in [0.2, 0.25) is 20.1 Å². The summed E-state index contributed by atoms with van der Waals surface area (Å²) in [5.41, 5.74) is 0.779. The molecule has 1 unspecified atom stereocenters. The van der Waals surface area contributed by atoms with E-state index < -0.39 is 34.4 Å². The first-order chi connectivity index (χ1) is 14.8. The molecule has 1 N–H and O–H groups in total. The van der Waals surface area contributed by atoms with E-state index in [1.165, 1.54) is 37.1 Å². The lowest BCUT2D eigenvalue weighted by Gasteiger charge is -2.31. The molecule has 0 aliphatic heterocycles. The van der Waals surface area contributed by atoms with Crippen LogP contribution in [0.15, 0.2) is 36.4 Å². The van der Waals surface area contributed by atoms with Crippen LogP contribution in [0.4, 0.5) is 5.69 Å². The molecule has 0 fully saturated rings. The lowest BCUT2D eigenvalue weighted by atomic mass is 10.1. The molecule has 0 aromatic heterocycles. The molecule has 32 heavy (non-hydrogen) atoms. The highest BCUT2D eigenvalue weighted by atomic mass is 35.5. The highest BCUT2D eigenvalue weighted by molar-refractivity contribution is 7.92. The molecule has 0 spiro atoms. The number of carbonyl (C=O) groups is 2. The van der Waals surface area contributed by atoms with Gasteiger partial charge in [0, 0.05) is 13.6 Å². The topological polar surface area (TPSA) is 86.8 Å². The Labute approximate surface area is 207 Å². The molecule has 2 aromatic carbocycles. The largest absolute Gasteiger partial charge is 0.357 e. The summed E-state index contributed by atoms with van der Waals surface area (Å²) >= 11 is 24.0. The molecule has 174 valence electrons. The number of nitrogens with zero attached hydrogens (tertiary/aromatic N) is 2. The number of likely N-dealkylation sites (N-methyl/N-ethyl adjacent to an activating group) is 1. The second-order valence-electron chi connectivity index (χ2n) is 6.93. The van der Waals surface area contributed by atoms with Crippen LogP contribution in [0.5, 0.6) is 0 Å². The quantitative estimate of drug-likeness (QED) is 0.542. The van der Waals surface area contributed by atoms with E-state index in [1.54, 1.807) is 18.2 Å². The number of benzene rings is 2. The van der Waals surface area contributed by atoms with Crippen molar-refractivity contribution in [3.8, 4) is 0 Å². The third kappa shape index (κ3) is 6.65. The van der Waals surface area contributed by atoms with E-state index in [1.807, 2.05) is 0 Å². The van der Waals surface area contributed by atoms with Gasteiger partial charge in [0.15, 0.2) is 0 Å². The Morgan fingerprint density at radius 2 is 1.53 bits per heavy atom. The van der Waals surface area contributed by atoms with Crippen LogP contribution in [0, 0.1) is 0 Å². The summed E-state index contributed by atoms with van der Waals surface area (Å²) < 4.78 is 25.8. The molecule has 0 heterocycles. The monoisotopic (exact) mass is 539 g/mol. The van der Waals surface area contributed by atoms with Crippen molar-refractivity contribution in [1.29, 1.82) is 0 Å². The number of amides is 2. The highest BCUT2D eigenvalue weighted by Gasteiger charge is 2.30. The predicted molar refractivity (Wildman–Crippen MR) is 129 cm³/mol. The molecule has 7 nitrogen and oxygen atoms in total. The number of hydrogen-bond acceptors (Lipinski definition) is 4. The Morgan fingerprint density at radius 1 is 0.969 bits per heavy atom. The zero-order chi connectivity index (χ0) is 24.2. The van der Waals surface area contributed by atoms with Crippen molar-refractivity contribution in [2.75, 3.05) is 24.2 Å². The van der Waals surface area contributed by atoms with Gasteiger partial charge in [0.1, 0.15) is 12.6 Å². The third-order valence-corrected chi connectivity index (χ3v) is 7.24. The molecule has 0 aliphatic carbocycles. The van der Waals surface area contributed by atoms with Crippen molar-refractivity contribution in [1.82, 2.24) is 10.2 Å². The summed E-state index contributed by atoms with van der Waals surface area (Å²) in [7, 11) is -2.42. The minimum Gasteiger partial charge on any atom is -0.357 e. The Hall–Kier alpha value is -1.71. The van der Waals surface area contributed by atoms with E-state index in [2.05, 4.69) is 5.32 Å². The lowest BCUT2D eigenvalue weighted by Crippen LogP contribution is -2.50. The standard InChI is InChI=1S/C20H21Cl4N3O4S/c1-12(20(29)25-2)26(10-13-4-6-15(21)17(23)8-13)19(28)11-27(32(3,30)31)14-5-7-16(22)18(24)9-14/h4-9,12H,10-11H2,1-3H3,(H,25,29). The molecule has 2 amide bonds. The molecule has 0 radical (unpaired) electrons. The molecule has 2 aromatic rings. The fourth-order valence-corrected chi connectivity index (χ4v) is 4.33. The first-order valence-corrected chi connectivity index (χ1v) is 12.6. The number of hydrogen-bond donors (Lipinski definition) is 1. The van der Waals surface area contributed by atoms with Crippen LogP contribution < -0.4 is 9.62 Å². The van der Waals surface area contributed by atoms with Crippen LogP contribution in [-0.2, 0) is 26.2 Å². The molecule has 1 atom stereocenters. The lowest BCUT2D eigenvalue weighted by molar-refractivity contribution is -0.139. The maximum Gasteiger partial charge on any atom is 0.244 e. The van der Waals surface area contributed by atoms with Gasteiger partial charge < -0.3 is 10.2 Å². The van der Waals surface area contributed by atoms with Crippen LogP contribution >= 0.6 is 46.4 Å². The average molecular weight is 541 g/mol. The van der Waals surface area contributed by atoms with Crippen LogP contribution in [0.1, 0.15) is 12.5 Å². The third-order valence-electron chi connectivity index (χ3n) is 4.62. The smallest absolute Gasteiger partial charge is 0.244 e. The van der Waals surface area contributed by atoms with Gasteiger partial charge >= 0.3 is 0 Å². The summed E-state index contributed by atoms with van der Waals surface area (Å²) in [6, 6.07) is 8.15. The Morgan fingerprint density at radius 3 is 2.03 bits per heavy atom. The number of halogens is 4. The van der Waals surface area contributed by atoms with Crippen LogP contribution in [0.25, 0.3) is 0 Å². The van der Waals surface area contributed by atoms with E-state index in [-0.39, 0.29) is 27.3 Å². The van der Waals surface area contributed by atoms with Gasteiger partial charge in [-0.25, -0.2) is 8.42 Å². The van der Waals surface area contributed by atoms with Crippen molar-refractivity contribution < 1.29 is 18.0 Å². The molecule has 0 saturated heterocycles. The zero-order valence-corrected chi connectivity index (χ0v) is 21.2. The van der Waals surface area contributed by atoms with Crippen molar-refractivity contribution in [2.45, 2.75) is 19.5 Å².